The smallest absolute Gasteiger partial charge is 0.385 e. The highest BCUT2D eigenvalue weighted by molar-refractivity contribution is 7.47. The number of rotatable bonds is 32. The van der Waals surface area contributed by atoms with E-state index in [4.69, 9.17) is 9.05 Å². The Kier molecular flexibility index (Phi) is 27.9. The fraction of sp³-hybridized carbons (Fsp3) is 1.00. The Balaban J connectivity index is 4.64. The van der Waals surface area contributed by atoms with Crippen LogP contribution in [0.3, 0.4) is 0 Å². The monoisotopic (exact) mass is 593 g/mol. The Morgan fingerprint density at radius 3 is 1.30 bits per heavy atom. The quantitative estimate of drug-likeness (QED) is 0.0462. The van der Waals surface area contributed by atoms with Gasteiger partial charge in [0.2, 0.25) is 0 Å². The standard InChI is InChI=1S/C33H70NO5P/c1-5-9-13-17-18-19-20-21-22-26-30-38-40(36,37)39-32-33(35)31-34(27-23-14-10-6-2,28-24-15-11-7-3)29-25-16-12-8-4/h33,35H,5-32H2,1-4H3/p+1. The van der Waals surface area contributed by atoms with E-state index in [1.54, 1.807) is 0 Å². The summed E-state index contributed by atoms with van der Waals surface area (Å²) in [4.78, 5) is 10.2. The molecule has 0 spiro atoms. The van der Waals surface area contributed by atoms with E-state index in [1.165, 1.54) is 122 Å². The van der Waals surface area contributed by atoms with Crippen LogP contribution in [0.4, 0.5) is 0 Å². The van der Waals surface area contributed by atoms with E-state index in [1.807, 2.05) is 0 Å². The number of aliphatic hydroxyl groups is 1. The largest absolute Gasteiger partial charge is 0.472 e. The zero-order valence-corrected chi connectivity index (χ0v) is 28.3. The van der Waals surface area contributed by atoms with Crippen molar-refractivity contribution in [1.29, 1.82) is 0 Å². The van der Waals surface area contributed by atoms with Crippen molar-refractivity contribution >= 4 is 7.82 Å². The maximum absolute atomic E-state index is 12.5. The number of hydrogen-bond donors (Lipinski definition) is 2. The number of hydrogen-bond acceptors (Lipinski definition) is 4. The SMILES string of the molecule is CCCCCCCCCCCCOP(=O)(O)OCC(O)C[N+](CCCCCC)(CCCCCC)CCCCCC. The van der Waals surface area contributed by atoms with Gasteiger partial charge in [-0.25, -0.2) is 4.57 Å². The van der Waals surface area contributed by atoms with Crippen LogP contribution >= 0.6 is 7.82 Å². The summed E-state index contributed by atoms with van der Waals surface area (Å²) in [6.07, 6.45) is 25.9. The third-order valence-electron chi connectivity index (χ3n) is 8.24. The van der Waals surface area contributed by atoms with E-state index in [-0.39, 0.29) is 13.2 Å². The molecule has 242 valence electrons. The lowest BCUT2D eigenvalue weighted by molar-refractivity contribution is -0.931. The lowest BCUT2D eigenvalue weighted by atomic mass is 10.1. The summed E-state index contributed by atoms with van der Waals surface area (Å²) in [6.45, 7) is 12.8. The maximum atomic E-state index is 12.5. The predicted molar refractivity (Wildman–Crippen MR) is 172 cm³/mol. The van der Waals surface area contributed by atoms with E-state index in [9.17, 15) is 14.6 Å². The Labute approximate surface area is 250 Å². The number of nitrogens with zero attached hydrogens (tertiary/aromatic N) is 1. The number of aliphatic hydroxyl groups excluding tert-OH is 1. The van der Waals surface area contributed by atoms with Crippen molar-refractivity contribution in [3.8, 4) is 0 Å². The van der Waals surface area contributed by atoms with Crippen molar-refractivity contribution in [3.63, 3.8) is 0 Å². The van der Waals surface area contributed by atoms with E-state index in [0.29, 0.717) is 6.54 Å². The van der Waals surface area contributed by atoms with Crippen molar-refractivity contribution in [2.45, 2.75) is 175 Å². The van der Waals surface area contributed by atoms with Crippen molar-refractivity contribution in [2.75, 3.05) is 39.4 Å². The molecule has 0 aromatic carbocycles. The molecule has 0 saturated heterocycles. The Bertz CT molecular complexity index is 546. The Hall–Kier alpha value is 0.0300. The normalized spacial score (nSPS) is 14.4. The van der Waals surface area contributed by atoms with Crippen LogP contribution in [0.15, 0.2) is 0 Å². The molecule has 0 bridgehead atoms. The van der Waals surface area contributed by atoms with Gasteiger partial charge in [-0.1, -0.05) is 124 Å². The number of phosphoric acid groups is 1. The maximum Gasteiger partial charge on any atom is 0.472 e. The molecule has 0 aromatic heterocycles. The fourth-order valence-corrected chi connectivity index (χ4v) is 6.51. The summed E-state index contributed by atoms with van der Waals surface area (Å²) < 4.78 is 23.9. The van der Waals surface area contributed by atoms with Crippen LogP contribution in [0.25, 0.3) is 0 Å². The molecule has 2 atom stereocenters. The lowest BCUT2D eigenvalue weighted by Crippen LogP contribution is -2.54. The van der Waals surface area contributed by atoms with Gasteiger partial charge < -0.3 is 14.5 Å². The molecule has 0 aliphatic carbocycles. The Morgan fingerprint density at radius 2 is 0.900 bits per heavy atom. The van der Waals surface area contributed by atoms with Crippen LogP contribution in [0.2, 0.25) is 0 Å². The summed E-state index contributed by atoms with van der Waals surface area (Å²) in [6, 6.07) is 0. The second kappa shape index (κ2) is 27.8. The van der Waals surface area contributed by atoms with Gasteiger partial charge in [0.25, 0.3) is 0 Å². The molecule has 2 unspecified atom stereocenters. The van der Waals surface area contributed by atoms with Crippen LogP contribution in [0, 0.1) is 0 Å². The summed E-state index contributed by atoms with van der Waals surface area (Å²) in [7, 11) is -4.15. The highest BCUT2D eigenvalue weighted by atomic mass is 31.2. The predicted octanol–water partition coefficient (Wildman–Crippen LogP) is 9.96. The minimum absolute atomic E-state index is 0.148. The average molecular weight is 593 g/mol. The van der Waals surface area contributed by atoms with Gasteiger partial charge in [-0.15, -0.1) is 0 Å². The zero-order valence-electron chi connectivity index (χ0n) is 27.4. The molecular formula is C33H71NO5P+. The average Bonchev–Trinajstić information content (AvgIpc) is 2.93. The molecule has 0 aliphatic heterocycles. The second-order valence-corrected chi connectivity index (χ2v) is 13.8. The summed E-state index contributed by atoms with van der Waals surface area (Å²) in [5.41, 5.74) is 0. The van der Waals surface area contributed by atoms with Gasteiger partial charge in [0, 0.05) is 0 Å². The van der Waals surface area contributed by atoms with Crippen molar-refractivity contribution in [2.24, 2.45) is 0 Å². The molecular weight excluding hydrogens is 521 g/mol. The van der Waals surface area contributed by atoms with Gasteiger partial charge in [0.05, 0.1) is 32.8 Å². The summed E-state index contributed by atoms with van der Waals surface area (Å²) in [5.74, 6) is 0. The van der Waals surface area contributed by atoms with Crippen molar-refractivity contribution in [1.82, 2.24) is 0 Å². The van der Waals surface area contributed by atoms with Gasteiger partial charge in [-0.3, -0.25) is 9.05 Å². The summed E-state index contributed by atoms with van der Waals surface area (Å²) >= 11 is 0. The van der Waals surface area contributed by atoms with Gasteiger partial charge in [0.1, 0.15) is 12.6 Å². The zero-order chi connectivity index (χ0) is 29.8. The van der Waals surface area contributed by atoms with Gasteiger partial charge in [-0.2, -0.15) is 0 Å². The molecule has 0 saturated carbocycles. The number of phosphoric ester groups is 1. The van der Waals surface area contributed by atoms with E-state index >= 15 is 0 Å². The van der Waals surface area contributed by atoms with Gasteiger partial charge in [-0.05, 0) is 44.9 Å². The molecule has 0 radical (unpaired) electrons. The van der Waals surface area contributed by atoms with Crippen molar-refractivity contribution in [3.05, 3.63) is 0 Å². The van der Waals surface area contributed by atoms with E-state index in [2.05, 4.69) is 27.7 Å². The van der Waals surface area contributed by atoms with Crippen LogP contribution < -0.4 is 0 Å². The number of quaternary nitrogens is 1. The third kappa shape index (κ3) is 24.6. The molecule has 0 fully saturated rings. The fourth-order valence-electron chi connectivity index (χ4n) is 5.72. The van der Waals surface area contributed by atoms with Crippen LogP contribution in [0.1, 0.15) is 169 Å². The first-order chi connectivity index (χ1) is 19.3. The highest BCUT2D eigenvalue weighted by Gasteiger charge is 2.31. The molecule has 6 nitrogen and oxygen atoms in total. The molecule has 0 heterocycles. The van der Waals surface area contributed by atoms with E-state index in [0.717, 1.165) is 43.4 Å². The lowest BCUT2D eigenvalue weighted by Gasteiger charge is -2.41. The highest BCUT2D eigenvalue weighted by Crippen LogP contribution is 2.43. The molecule has 0 aliphatic rings. The van der Waals surface area contributed by atoms with Crippen LogP contribution in [0.5, 0.6) is 0 Å². The molecule has 0 rings (SSSR count). The van der Waals surface area contributed by atoms with Crippen LogP contribution in [-0.2, 0) is 13.6 Å². The third-order valence-corrected chi connectivity index (χ3v) is 9.22. The Morgan fingerprint density at radius 1 is 0.550 bits per heavy atom. The van der Waals surface area contributed by atoms with Crippen LogP contribution in [-0.4, -0.2) is 60.0 Å². The summed E-state index contributed by atoms with van der Waals surface area (Å²) in [5, 5.41) is 11.0. The molecule has 0 aromatic rings. The molecule has 0 amide bonds. The molecule has 2 N–H and O–H groups in total. The first-order valence-corrected chi connectivity index (χ1v) is 19.0. The minimum Gasteiger partial charge on any atom is -0.385 e. The first-order valence-electron chi connectivity index (χ1n) is 17.5. The minimum atomic E-state index is -4.15. The topological polar surface area (TPSA) is 76.0 Å². The molecule has 40 heavy (non-hydrogen) atoms. The van der Waals surface area contributed by atoms with Crippen molar-refractivity contribution < 1.29 is 28.1 Å². The van der Waals surface area contributed by atoms with E-state index < -0.39 is 13.9 Å². The second-order valence-electron chi connectivity index (χ2n) is 12.3. The van der Waals surface area contributed by atoms with Gasteiger partial charge in [0.15, 0.2) is 0 Å². The first kappa shape index (κ1) is 40.0. The number of unbranched alkanes of at least 4 members (excludes halogenated alkanes) is 18. The molecule has 7 heteroatoms. The van der Waals surface area contributed by atoms with Gasteiger partial charge >= 0.3 is 7.82 Å².